The summed E-state index contributed by atoms with van der Waals surface area (Å²) < 4.78 is 0. The van der Waals surface area contributed by atoms with Crippen molar-refractivity contribution in [2.24, 2.45) is 11.3 Å². The number of amides is 1. The Morgan fingerprint density at radius 2 is 2.10 bits per heavy atom. The zero-order valence-corrected chi connectivity index (χ0v) is 13.2. The van der Waals surface area contributed by atoms with Crippen molar-refractivity contribution in [1.29, 1.82) is 0 Å². The minimum atomic E-state index is -0.541. The van der Waals surface area contributed by atoms with Gasteiger partial charge in [-0.15, -0.1) is 0 Å². The Balaban J connectivity index is 2.26. The van der Waals surface area contributed by atoms with Gasteiger partial charge in [-0.1, -0.05) is 32.4 Å². The van der Waals surface area contributed by atoms with E-state index in [4.69, 9.17) is 11.6 Å². The molecule has 0 bridgehead atoms. The second-order valence-corrected chi connectivity index (χ2v) is 6.96. The summed E-state index contributed by atoms with van der Waals surface area (Å²) in [6.07, 6.45) is 0.920. The molecule has 1 fully saturated rings. The number of halogens is 1. The van der Waals surface area contributed by atoms with Crippen molar-refractivity contribution in [3.63, 3.8) is 0 Å². The molecule has 1 amide bonds. The molecule has 1 atom stereocenters. The normalized spacial score (nSPS) is 18.9. The molecule has 1 aliphatic rings. The molecule has 0 N–H and O–H groups in total. The smallest absolute Gasteiger partial charge is 0.282 e. The second kappa shape index (κ2) is 5.64. The van der Waals surface area contributed by atoms with Crippen LogP contribution in [0.15, 0.2) is 18.2 Å². The number of rotatable bonds is 2. The maximum absolute atomic E-state index is 12.6. The molecule has 1 aliphatic heterocycles. The van der Waals surface area contributed by atoms with Gasteiger partial charge in [-0.25, -0.2) is 0 Å². The van der Waals surface area contributed by atoms with Crippen LogP contribution >= 0.6 is 11.6 Å². The summed E-state index contributed by atoms with van der Waals surface area (Å²) in [5.41, 5.74) is 0.000582. The third-order valence-corrected chi connectivity index (χ3v) is 4.32. The molecule has 2 rings (SSSR count). The number of hydrogen-bond acceptors (Lipinski definition) is 3. The van der Waals surface area contributed by atoms with Gasteiger partial charge in [-0.3, -0.25) is 14.9 Å². The number of carbonyl (C=O) groups is 1. The van der Waals surface area contributed by atoms with Gasteiger partial charge in [-0.05, 0) is 29.9 Å². The van der Waals surface area contributed by atoms with E-state index in [0.29, 0.717) is 24.0 Å². The van der Waals surface area contributed by atoms with Gasteiger partial charge in [0.15, 0.2) is 0 Å². The Labute approximate surface area is 129 Å². The Hall–Kier alpha value is -1.62. The van der Waals surface area contributed by atoms with Gasteiger partial charge in [0, 0.05) is 24.2 Å². The maximum Gasteiger partial charge on any atom is 0.282 e. The van der Waals surface area contributed by atoms with Crippen LogP contribution in [0.4, 0.5) is 5.69 Å². The van der Waals surface area contributed by atoms with Crippen molar-refractivity contribution in [1.82, 2.24) is 4.90 Å². The molecule has 0 radical (unpaired) electrons. The summed E-state index contributed by atoms with van der Waals surface area (Å²) in [7, 11) is 0. The Morgan fingerprint density at radius 1 is 1.43 bits per heavy atom. The van der Waals surface area contributed by atoms with Crippen LogP contribution in [0.25, 0.3) is 0 Å². The average Bonchev–Trinajstić information content (AvgIpc) is 2.86. The molecule has 1 saturated heterocycles. The van der Waals surface area contributed by atoms with Crippen molar-refractivity contribution in [3.05, 3.63) is 38.9 Å². The molecule has 6 heteroatoms. The number of hydrogen-bond donors (Lipinski definition) is 0. The van der Waals surface area contributed by atoms with Crippen LogP contribution in [-0.2, 0) is 0 Å². The predicted octanol–water partition coefficient (Wildman–Crippen LogP) is 3.76. The number of benzene rings is 1. The highest BCUT2D eigenvalue weighted by Gasteiger charge is 2.35. The summed E-state index contributed by atoms with van der Waals surface area (Å²) in [4.78, 5) is 24.8. The Kier molecular flexibility index (Phi) is 4.23. The monoisotopic (exact) mass is 310 g/mol. The lowest BCUT2D eigenvalue weighted by Gasteiger charge is -2.27. The zero-order chi connectivity index (χ0) is 15.8. The standard InChI is InChI=1S/C15H19ClN2O3/c1-15(2,3)10-6-7-17(9-10)14(19)12-8-11(16)4-5-13(12)18(20)21/h4-5,8,10H,6-7,9H2,1-3H3. The van der Waals surface area contributed by atoms with Gasteiger partial charge in [0.25, 0.3) is 11.6 Å². The topological polar surface area (TPSA) is 63.5 Å². The van der Waals surface area contributed by atoms with E-state index in [1.807, 2.05) is 0 Å². The summed E-state index contributed by atoms with van der Waals surface area (Å²) in [6.45, 7) is 7.70. The first-order valence-corrected chi connectivity index (χ1v) is 7.31. The first-order valence-electron chi connectivity index (χ1n) is 6.93. The molecule has 1 unspecified atom stereocenters. The highest BCUT2D eigenvalue weighted by molar-refractivity contribution is 6.31. The van der Waals surface area contributed by atoms with Crippen LogP contribution in [0.3, 0.4) is 0 Å². The molecule has 21 heavy (non-hydrogen) atoms. The molecule has 0 spiro atoms. The van der Waals surface area contributed by atoms with Crippen molar-refractivity contribution >= 4 is 23.2 Å². The zero-order valence-electron chi connectivity index (χ0n) is 12.4. The first-order chi connectivity index (χ1) is 9.70. The van der Waals surface area contributed by atoms with Gasteiger partial charge in [0.1, 0.15) is 5.56 Å². The van der Waals surface area contributed by atoms with E-state index in [0.717, 1.165) is 6.42 Å². The number of nitrogens with zero attached hydrogens (tertiary/aromatic N) is 2. The van der Waals surface area contributed by atoms with Crippen LogP contribution in [0.1, 0.15) is 37.6 Å². The molecular weight excluding hydrogens is 292 g/mol. The molecule has 0 aliphatic carbocycles. The van der Waals surface area contributed by atoms with Crippen molar-refractivity contribution in [2.75, 3.05) is 13.1 Å². The number of likely N-dealkylation sites (tertiary alicyclic amines) is 1. The largest absolute Gasteiger partial charge is 0.338 e. The predicted molar refractivity (Wildman–Crippen MR) is 81.6 cm³/mol. The van der Waals surface area contributed by atoms with Gasteiger partial charge in [0.05, 0.1) is 4.92 Å². The van der Waals surface area contributed by atoms with Crippen molar-refractivity contribution in [3.8, 4) is 0 Å². The van der Waals surface area contributed by atoms with Crippen molar-refractivity contribution < 1.29 is 9.72 Å². The Bertz CT molecular complexity index is 581. The summed E-state index contributed by atoms with van der Waals surface area (Å²) in [5, 5.41) is 11.4. The molecule has 5 nitrogen and oxygen atoms in total. The summed E-state index contributed by atoms with van der Waals surface area (Å²) >= 11 is 5.88. The van der Waals surface area contributed by atoms with E-state index >= 15 is 0 Å². The fourth-order valence-corrected chi connectivity index (χ4v) is 2.83. The van der Waals surface area contributed by atoms with E-state index in [-0.39, 0.29) is 22.6 Å². The van der Waals surface area contributed by atoms with Crippen molar-refractivity contribution in [2.45, 2.75) is 27.2 Å². The van der Waals surface area contributed by atoms with Crippen LogP contribution in [0.2, 0.25) is 5.02 Å². The van der Waals surface area contributed by atoms with E-state index in [1.165, 1.54) is 18.2 Å². The SMILES string of the molecule is CC(C)(C)C1CCN(C(=O)c2cc(Cl)ccc2[N+](=O)[O-])C1. The lowest BCUT2D eigenvalue weighted by Crippen LogP contribution is -2.31. The third kappa shape index (κ3) is 3.35. The molecule has 0 aromatic heterocycles. The highest BCUT2D eigenvalue weighted by Crippen LogP contribution is 2.35. The maximum atomic E-state index is 12.6. The van der Waals surface area contributed by atoms with Gasteiger partial charge in [-0.2, -0.15) is 0 Å². The average molecular weight is 311 g/mol. The van der Waals surface area contributed by atoms with E-state index in [2.05, 4.69) is 20.8 Å². The minimum Gasteiger partial charge on any atom is -0.338 e. The summed E-state index contributed by atoms with van der Waals surface area (Å²) in [6, 6.07) is 4.09. The molecule has 1 aromatic rings. The van der Waals surface area contributed by atoms with Crippen LogP contribution in [-0.4, -0.2) is 28.8 Å². The quantitative estimate of drug-likeness (QED) is 0.617. The first kappa shape index (κ1) is 15.8. The van der Waals surface area contributed by atoms with E-state index < -0.39 is 4.92 Å². The van der Waals surface area contributed by atoms with Crippen LogP contribution in [0, 0.1) is 21.4 Å². The minimum absolute atomic E-state index is 0.0714. The number of nitro benzene ring substituents is 1. The van der Waals surface area contributed by atoms with Gasteiger partial charge < -0.3 is 4.90 Å². The third-order valence-electron chi connectivity index (χ3n) is 4.09. The lowest BCUT2D eigenvalue weighted by atomic mass is 9.80. The van der Waals surface area contributed by atoms with Gasteiger partial charge >= 0.3 is 0 Å². The highest BCUT2D eigenvalue weighted by atomic mass is 35.5. The number of nitro groups is 1. The molecule has 0 saturated carbocycles. The molecule has 1 aromatic carbocycles. The number of carbonyl (C=O) groups excluding carboxylic acids is 1. The fraction of sp³-hybridized carbons (Fsp3) is 0.533. The molecule has 114 valence electrons. The summed E-state index contributed by atoms with van der Waals surface area (Å²) in [5.74, 6) is 0.0932. The van der Waals surface area contributed by atoms with Crippen LogP contribution < -0.4 is 0 Å². The second-order valence-electron chi connectivity index (χ2n) is 6.52. The lowest BCUT2D eigenvalue weighted by molar-refractivity contribution is -0.385. The van der Waals surface area contributed by atoms with E-state index in [1.54, 1.807) is 4.90 Å². The van der Waals surface area contributed by atoms with Crippen LogP contribution in [0.5, 0.6) is 0 Å². The molecule has 1 heterocycles. The van der Waals surface area contributed by atoms with Gasteiger partial charge in [0.2, 0.25) is 0 Å². The molecular formula is C15H19ClN2O3. The van der Waals surface area contributed by atoms with E-state index in [9.17, 15) is 14.9 Å². The fourth-order valence-electron chi connectivity index (χ4n) is 2.66. The Morgan fingerprint density at radius 3 is 2.62 bits per heavy atom.